The molecule has 0 saturated heterocycles. The Morgan fingerprint density at radius 1 is 0.805 bits per heavy atom. The van der Waals surface area contributed by atoms with Crippen molar-refractivity contribution in [2.24, 2.45) is 56.7 Å². The van der Waals surface area contributed by atoms with Gasteiger partial charge in [-0.15, -0.1) is 0 Å². The molecule has 1 unspecified atom stereocenters. The molecule has 2 N–H and O–H groups in total. The van der Waals surface area contributed by atoms with Gasteiger partial charge in [0, 0.05) is 18.3 Å². The molecular weight excluding hydrogens is 568 g/mol. The topological polar surface area (TPSA) is 144 Å². The van der Waals surface area contributed by atoms with Gasteiger partial charge in [0.25, 0.3) is 0 Å². The molecule has 0 aromatic rings. The van der Waals surface area contributed by atoms with E-state index in [0.717, 1.165) is 51.4 Å². The van der Waals surface area contributed by atoms with Crippen molar-refractivity contribution in [3.05, 3.63) is 0 Å². The third kappa shape index (κ3) is 4.96. The van der Waals surface area contributed by atoms with E-state index >= 15 is 0 Å². The van der Waals surface area contributed by atoms with E-state index in [1.165, 1.54) is 0 Å². The molecule has 41 heavy (non-hydrogen) atoms. The number of carbonyl (C=O) groups excluding carboxylic acids is 1. The quantitative estimate of drug-likeness (QED) is 0.279. The van der Waals surface area contributed by atoms with Crippen LogP contribution >= 0.6 is 0 Å². The molecule has 2 spiro atoms. The fourth-order valence-electron chi connectivity index (χ4n) is 11.9. The second kappa shape index (κ2) is 9.96. The van der Waals surface area contributed by atoms with Gasteiger partial charge in [0.05, 0.1) is 12.7 Å². The zero-order chi connectivity index (χ0) is 30.4. The summed E-state index contributed by atoms with van der Waals surface area (Å²) in [4.78, 5) is 12.8. The lowest BCUT2D eigenvalue weighted by Gasteiger charge is -2.63. The minimum absolute atomic E-state index is 0.0637. The van der Waals surface area contributed by atoms with E-state index in [-0.39, 0.29) is 27.6 Å². The Labute approximate surface area is 246 Å². The maximum absolute atomic E-state index is 12.8. The number of hydrogen-bond donors (Lipinski definition) is 2. The average Bonchev–Trinajstić information content (AvgIpc) is 3.40. The fourth-order valence-corrected chi connectivity index (χ4v) is 12.9. The zero-order valence-corrected chi connectivity index (χ0v) is 27.2. The van der Waals surface area contributed by atoms with Crippen LogP contribution in [0.4, 0.5) is 0 Å². The van der Waals surface area contributed by atoms with Crippen LogP contribution in [0.2, 0.25) is 0 Å². The van der Waals surface area contributed by atoms with Crippen LogP contribution < -0.4 is 0 Å². The normalized spacial score (nSPS) is 46.3. The van der Waals surface area contributed by atoms with Crippen molar-refractivity contribution in [3.63, 3.8) is 0 Å². The van der Waals surface area contributed by atoms with Crippen molar-refractivity contribution in [1.29, 1.82) is 0 Å². The first kappa shape index (κ1) is 31.8. The number of hydrogen-bond acceptors (Lipinski definition) is 7. The van der Waals surface area contributed by atoms with Crippen molar-refractivity contribution in [2.75, 3.05) is 6.61 Å². The van der Waals surface area contributed by atoms with Gasteiger partial charge in [0.2, 0.25) is 0 Å². The summed E-state index contributed by atoms with van der Waals surface area (Å²) in [6, 6.07) is 0. The van der Waals surface area contributed by atoms with E-state index in [0.29, 0.717) is 48.7 Å². The number of rotatable bonds is 10. The third-order valence-corrected chi connectivity index (χ3v) is 14.4. The van der Waals surface area contributed by atoms with Crippen LogP contribution in [0.5, 0.6) is 0 Å². The Kier molecular flexibility index (Phi) is 7.73. The van der Waals surface area contributed by atoms with Crippen LogP contribution in [0, 0.1) is 56.7 Å². The molecule has 0 bridgehead atoms. The lowest BCUT2D eigenvalue weighted by atomic mass is 9.41. The van der Waals surface area contributed by atoms with Crippen LogP contribution in [0.1, 0.15) is 112 Å². The summed E-state index contributed by atoms with van der Waals surface area (Å²) in [7, 11) is -9.52. The van der Waals surface area contributed by atoms with Crippen LogP contribution in [-0.2, 0) is 34.0 Å². The monoisotopic (exact) mass is 618 g/mol. The smallest absolute Gasteiger partial charge is 0.300 e. The standard InChI is InChI=1S/C30H50O9S2/c1-19(2)15-21(31)16-20(3)22-9-11-28(6)24-8-7-23-26(4,18-38-40(32,33)34)25(39-41(35,36)37)10-12-29(23)17-30(24,29)14-13-27(22,28)5/h19-20,22-25H,7-18H2,1-6H3,(H,32,33,34)(H,35,36,37)/t20-,22-,23+,24+,25?,26+,27-,28+,29-,30+/m1/s1. The molecule has 0 aromatic carbocycles. The lowest BCUT2D eigenvalue weighted by Crippen LogP contribution is -2.59. The average molecular weight is 619 g/mol. The molecule has 5 fully saturated rings. The summed E-state index contributed by atoms with van der Waals surface area (Å²) in [5.41, 5.74) is -0.738. The highest BCUT2D eigenvalue weighted by Gasteiger charge is 2.82. The van der Waals surface area contributed by atoms with Gasteiger partial charge in [-0.2, -0.15) is 16.8 Å². The number of fused-ring (bicyclic) bond motifs is 2. The molecule has 9 nitrogen and oxygen atoms in total. The summed E-state index contributed by atoms with van der Waals surface area (Å²) < 4.78 is 75.7. The molecule has 236 valence electrons. The van der Waals surface area contributed by atoms with Gasteiger partial charge in [0.15, 0.2) is 0 Å². The first-order valence-corrected chi connectivity index (χ1v) is 18.3. The lowest BCUT2D eigenvalue weighted by molar-refractivity contribution is -0.168. The Morgan fingerprint density at radius 2 is 1.44 bits per heavy atom. The van der Waals surface area contributed by atoms with Gasteiger partial charge < -0.3 is 0 Å². The highest BCUT2D eigenvalue weighted by atomic mass is 32.3. The number of Topliss-reactive ketones (excluding diaryl/α,β-unsaturated/α-hetero) is 1. The highest BCUT2D eigenvalue weighted by Crippen LogP contribution is 2.89. The zero-order valence-electron chi connectivity index (χ0n) is 25.5. The van der Waals surface area contributed by atoms with Gasteiger partial charge in [0.1, 0.15) is 5.78 Å². The van der Waals surface area contributed by atoms with Gasteiger partial charge in [-0.3, -0.25) is 13.9 Å². The highest BCUT2D eigenvalue weighted by molar-refractivity contribution is 7.81. The van der Waals surface area contributed by atoms with Gasteiger partial charge in [-0.05, 0) is 109 Å². The molecule has 0 amide bonds. The molecule has 11 heteroatoms. The second-order valence-electron chi connectivity index (χ2n) is 15.7. The molecule has 10 atom stereocenters. The fraction of sp³-hybridized carbons (Fsp3) is 0.967. The molecule has 0 radical (unpaired) electrons. The Hall–Kier alpha value is -0.590. The molecule has 5 aliphatic rings. The Balaban J connectivity index is 1.42. The SMILES string of the molecule is CC(C)CC(=O)C[C@@H](C)[C@H]1CC[C@@]2(C)[C@@H]3CC[C@@H]4[C@@]5(CCC(OS(=O)(=O)O)[C@@]4(C)COS(=O)(=O)O)C[C@@]35CC[C@]12C. The summed E-state index contributed by atoms with van der Waals surface area (Å²) in [5.74, 6) is 2.03. The Bertz CT molecular complexity index is 1280. The maximum atomic E-state index is 12.8. The minimum atomic E-state index is -4.77. The molecule has 0 aliphatic heterocycles. The summed E-state index contributed by atoms with van der Waals surface area (Å²) in [6.07, 6.45) is 8.65. The summed E-state index contributed by atoms with van der Waals surface area (Å²) >= 11 is 0. The van der Waals surface area contributed by atoms with E-state index in [1.54, 1.807) is 6.92 Å². The van der Waals surface area contributed by atoms with Crippen LogP contribution in [0.15, 0.2) is 0 Å². The van der Waals surface area contributed by atoms with Crippen molar-refractivity contribution in [2.45, 2.75) is 118 Å². The van der Waals surface area contributed by atoms with Crippen LogP contribution in [-0.4, -0.2) is 44.4 Å². The first-order chi connectivity index (χ1) is 18.7. The van der Waals surface area contributed by atoms with Gasteiger partial charge >= 0.3 is 20.8 Å². The van der Waals surface area contributed by atoms with Crippen molar-refractivity contribution < 1.29 is 39.1 Å². The maximum Gasteiger partial charge on any atom is 0.397 e. The van der Waals surface area contributed by atoms with Crippen LogP contribution in [0.3, 0.4) is 0 Å². The molecule has 5 aliphatic carbocycles. The summed E-state index contributed by atoms with van der Waals surface area (Å²) in [6.45, 7) is 12.8. The van der Waals surface area contributed by atoms with E-state index in [4.69, 9.17) is 8.37 Å². The number of ketones is 1. The van der Waals surface area contributed by atoms with E-state index < -0.39 is 38.9 Å². The summed E-state index contributed by atoms with van der Waals surface area (Å²) in [5, 5.41) is 0. The molecule has 5 rings (SSSR count). The van der Waals surface area contributed by atoms with Crippen LogP contribution in [0.25, 0.3) is 0 Å². The van der Waals surface area contributed by atoms with Crippen molar-refractivity contribution in [1.82, 2.24) is 0 Å². The predicted octanol–water partition coefficient (Wildman–Crippen LogP) is 6.05. The van der Waals surface area contributed by atoms with Gasteiger partial charge in [-0.1, -0.05) is 41.5 Å². The minimum Gasteiger partial charge on any atom is -0.300 e. The first-order valence-electron chi connectivity index (χ1n) is 15.5. The van der Waals surface area contributed by atoms with E-state index in [2.05, 4.69) is 34.6 Å². The molecule has 0 heterocycles. The molecule has 0 aromatic heterocycles. The van der Waals surface area contributed by atoms with E-state index in [9.17, 15) is 30.7 Å². The predicted molar refractivity (Wildman–Crippen MR) is 153 cm³/mol. The van der Waals surface area contributed by atoms with E-state index in [1.807, 2.05) is 0 Å². The van der Waals surface area contributed by atoms with Gasteiger partial charge in [-0.25, -0.2) is 8.37 Å². The number of carbonyl (C=O) groups is 1. The molecule has 5 saturated carbocycles. The molecular formula is C30H50O9S2. The third-order valence-electron chi connectivity index (χ3n) is 13.5. The van der Waals surface area contributed by atoms with Crippen molar-refractivity contribution in [3.8, 4) is 0 Å². The van der Waals surface area contributed by atoms with Crippen molar-refractivity contribution >= 4 is 26.6 Å². The Morgan fingerprint density at radius 3 is 2.05 bits per heavy atom. The largest absolute Gasteiger partial charge is 0.397 e. The second-order valence-corrected chi connectivity index (χ2v) is 17.9.